The fourth-order valence-corrected chi connectivity index (χ4v) is 4.78. The molecule has 2 aliphatic heterocycles. The van der Waals surface area contributed by atoms with Crippen LogP contribution in [0.5, 0.6) is 0 Å². The quantitative estimate of drug-likeness (QED) is 0.743. The van der Waals surface area contributed by atoms with E-state index < -0.39 is 0 Å². The number of piperazine rings is 1. The van der Waals surface area contributed by atoms with E-state index in [0.29, 0.717) is 10.8 Å². The molecule has 0 radical (unpaired) electrons. The summed E-state index contributed by atoms with van der Waals surface area (Å²) in [6, 6.07) is 2.46. The molecule has 0 spiro atoms. The van der Waals surface area contributed by atoms with E-state index in [1.54, 1.807) is 0 Å². The zero-order valence-corrected chi connectivity index (χ0v) is 12.9. The summed E-state index contributed by atoms with van der Waals surface area (Å²) in [6.07, 6.45) is 4.17. The van der Waals surface area contributed by atoms with Crippen LogP contribution < -0.4 is 0 Å². The molecule has 2 saturated heterocycles. The third kappa shape index (κ3) is 1.61. The SMILES string of the molecule is CCC1CN2CCCC2CN1C1C(C)(C)C1(C)C. The maximum atomic E-state index is 2.88. The topological polar surface area (TPSA) is 6.48 Å². The Morgan fingerprint density at radius 1 is 1.06 bits per heavy atom. The van der Waals surface area contributed by atoms with Gasteiger partial charge < -0.3 is 0 Å². The molecule has 3 aliphatic rings. The molecule has 2 unspecified atom stereocenters. The van der Waals surface area contributed by atoms with Gasteiger partial charge in [0.2, 0.25) is 0 Å². The van der Waals surface area contributed by atoms with Crippen LogP contribution in [0.25, 0.3) is 0 Å². The van der Waals surface area contributed by atoms with Gasteiger partial charge in [-0.15, -0.1) is 0 Å². The number of rotatable bonds is 2. The van der Waals surface area contributed by atoms with Crippen LogP contribution in [0, 0.1) is 10.8 Å². The summed E-state index contributed by atoms with van der Waals surface area (Å²) in [5.41, 5.74) is 1.00. The van der Waals surface area contributed by atoms with Crippen molar-refractivity contribution >= 4 is 0 Å². The molecule has 0 aromatic heterocycles. The monoisotopic (exact) mass is 250 g/mol. The first-order chi connectivity index (χ1) is 8.39. The predicted molar refractivity (Wildman–Crippen MR) is 76.7 cm³/mol. The fraction of sp³-hybridized carbons (Fsp3) is 1.00. The molecular weight excluding hydrogens is 220 g/mol. The van der Waals surface area contributed by atoms with E-state index in [2.05, 4.69) is 44.4 Å². The summed E-state index contributed by atoms with van der Waals surface area (Å²) in [6.45, 7) is 16.2. The van der Waals surface area contributed by atoms with Crippen molar-refractivity contribution in [2.24, 2.45) is 10.8 Å². The van der Waals surface area contributed by atoms with E-state index in [1.807, 2.05) is 0 Å². The average Bonchev–Trinajstić information content (AvgIpc) is 2.68. The molecule has 2 heteroatoms. The molecule has 18 heavy (non-hydrogen) atoms. The van der Waals surface area contributed by atoms with Crippen LogP contribution in [0.15, 0.2) is 0 Å². The highest BCUT2D eigenvalue weighted by atomic mass is 15.4. The fourth-order valence-electron chi connectivity index (χ4n) is 4.78. The molecule has 104 valence electrons. The summed E-state index contributed by atoms with van der Waals surface area (Å²) in [5.74, 6) is 0. The molecule has 0 N–H and O–H groups in total. The van der Waals surface area contributed by atoms with Gasteiger partial charge >= 0.3 is 0 Å². The van der Waals surface area contributed by atoms with E-state index in [-0.39, 0.29) is 0 Å². The lowest BCUT2D eigenvalue weighted by Gasteiger charge is -2.44. The maximum absolute atomic E-state index is 2.88. The first-order valence-corrected chi connectivity index (χ1v) is 7.89. The highest BCUT2D eigenvalue weighted by Crippen LogP contribution is 2.66. The molecular formula is C16H30N2. The number of nitrogens with zero attached hydrogens (tertiary/aromatic N) is 2. The van der Waals surface area contributed by atoms with Crippen molar-refractivity contribution < 1.29 is 0 Å². The molecule has 0 aromatic carbocycles. The van der Waals surface area contributed by atoms with Crippen molar-refractivity contribution in [1.29, 1.82) is 0 Å². The van der Waals surface area contributed by atoms with Crippen LogP contribution in [0.4, 0.5) is 0 Å². The number of hydrogen-bond donors (Lipinski definition) is 0. The van der Waals surface area contributed by atoms with Gasteiger partial charge in [0, 0.05) is 31.2 Å². The summed E-state index contributed by atoms with van der Waals surface area (Å²) in [5, 5.41) is 0. The summed E-state index contributed by atoms with van der Waals surface area (Å²) in [4.78, 5) is 5.64. The maximum Gasteiger partial charge on any atom is 0.0224 e. The molecule has 1 saturated carbocycles. The van der Waals surface area contributed by atoms with Crippen molar-refractivity contribution in [2.75, 3.05) is 19.6 Å². The lowest BCUT2D eigenvalue weighted by molar-refractivity contribution is 0.0310. The molecule has 0 aromatic rings. The third-order valence-corrected chi connectivity index (χ3v) is 6.58. The Labute approximate surface area is 113 Å². The molecule has 2 heterocycles. The average molecular weight is 250 g/mol. The molecule has 2 nitrogen and oxygen atoms in total. The lowest BCUT2D eigenvalue weighted by Crippen LogP contribution is -2.57. The molecule has 3 rings (SSSR count). The Morgan fingerprint density at radius 3 is 2.28 bits per heavy atom. The molecule has 1 aliphatic carbocycles. The van der Waals surface area contributed by atoms with Gasteiger partial charge in [0.05, 0.1) is 0 Å². The van der Waals surface area contributed by atoms with Crippen molar-refractivity contribution in [1.82, 2.24) is 9.80 Å². The predicted octanol–water partition coefficient (Wildman–Crippen LogP) is 2.98. The summed E-state index contributed by atoms with van der Waals surface area (Å²) >= 11 is 0. The standard InChI is InChI=1S/C16H30N2/c1-6-12-10-17-9-7-8-13(17)11-18(12)14-15(2,3)16(14,4)5/h12-14H,6-11H2,1-5H3. The van der Waals surface area contributed by atoms with Gasteiger partial charge in [0.1, 0.15) is 0 Å². The van der Waals surface area contributed by atoms with E-state index in [1.165, 1.54) is 38.9 Å². The second-order valence-electron chi connectivity index (χ2n) is 7.90. The van der Waals surface area contributed by atoms with Crippen LogP contribution in [0.2, 0.25) is 0 Å². The van der Waals surface area contributed by atoms with E-state index in [4.69, 9.17) is 0 Å². The van der Waals surface area contributed by atoms with Gasteiger partial charge in [-0.05, 0) is 36.6 Å². The smallest absolute Gasteiger partial charge is 0.0224 e. The van der Waals surface area contributed by atoms with Gasteiger partial charge in [-0.1, -0.05) is 34.6 Å². The lowest BCUT2D eigenvalue weighted by atomic mass is 10.0. The Balaban J connectivity index is 1.79. The first-order valence-electron chi connectivity index (χ1n) is 7.89. The minimum atomic E-state index is 0.501. The highest BCUT2D eigenvalue weighted by molar-refractivity contribution is 5.20. The minimum Gasteiger partial charge on any atom is -0.298 e. The van der Waals surface area contributed by atoms with Crippen LogP contribution >= 0.6 is 0 Å². The normalized spacial score (nSPS) is 39.8. The molecule has 2 atom stereocenters. The van der Waals surface area contributed by atoms with E-state index in [0.717, 1.165) is 18.1 Å². The zero-order chi connectivity index (χ0) is 13.1. The van der Waals surface area contributed by atoms with Gasteiger partial charge in [0.25, 0.3) is 0 Å². The third-order valence-electron chi connectivity index (χ3n) is 6.58. The largest absolute Gasteiger partial charge is 0.298 e. The Kier molecular flexibility index (Phi) is 2.84. The molecule has 0 amide bonds. The van der Waals surface area contributed by atoms with Gasteiger partial charge in [0.15, 0.2) is 0 Å². The zero-order valence-electron chi connectivity index (χ0n) is 12.9. The molecule has 0 bridgehead atoms. The second kappa shape index (κ2) is 3.96. The van der Waals surface area contributed by atoms with Crippen molar-refractivity contribution in [3.63, 3.8) is 0 Å². The first kappa shape index (κ1) is 12.9. The number of fused-ring (bicyclic) bond motifs is 1. The van der Waals surface area contributed by atoms with E-state index in [9.17, 15) is 0 Å². The van der Waals surface area contributed by atoms with Crippen molar-refractivity contribution in [3.8, 4) is 0 Å². The highest BCUT2D eigenvalue weighted by Gasteiger charge is 2.68. The van der Waals surface area contributed by atoms with Gasteiger partial charge in [-0.2, -0.15) is 0 Å². The summed E-state index contributed by atoms with van der Waals surface area (Å²) < 4.78 is 0. The Morgan fingerprint density at radius 2 is 1.72 bits per heavy atom. The summed E-state index contributed by atoms with van der Waals surface area (Å²) in [7, 11) is 0. The van der Waals surface area contributed by atoms with Crippen LogP contribution in [-0.2, 0) is 0 Å². The van der Waals surface area contributed by atoms with Crippen molar-refractivity contribution in [2.45, 2.75) is 72.0 Å². The number of hydrogen-bond acceptors (Lipinski definition) is 2. The minimum absolute atomic E-state index is 0.501. The van der Waals surface area contributed by atoms with Crippen LogP contribution in [0.1, 0.15) is 53.9 Å². The van der Waals surface area contributed by atoms with Crippen LogP contribution in [0.3, 0.4) is 0 Å². The Hall–Kier alpha value is -0.0800. The molecule has 3 fully saturated rings. The van der Waals surface area contributed by atoms with Crippen molar-refractivity contribution in [3.05, 3.63) is 0 Å². The van der Waals surface area contributed by atoms with Crippen LogP contribution in [-0.4, -0.2) is 47.6 Å². The Bertz CT molecular complexity index is 320. The second-order valence-corrected chi connectivity index (χ2v) is 7.90. The van der Waals surface area contributed by atoms with Gasteiger partial charge in [-0.25, -0.2) is 0 Å². The van der Waals surface area contributed by atoms with E-state index >= 15 is 0 Å². The van der Waals surface area contributed by atoms with Gasteiger partial charge in [-0.3, -0.25) is 9.80 Å².